The lowest BCUT2D eigenvalue weighted by Crippen LogP contribution is -2.56. The van der Waals surface area contributed by atoms with Gasteiger partial charge in [0.15, 0.2) is 5.12 Å². The summed E-state index contributed by atoms with van der Waals surface area (Å²) < 4.78 is 4.62. The standard InChI is InChI=1S/C25H37N3O6S/c1-16(2)22(25(33)27-19(23(31)26-4)15-18-11-7-6-8-12-18)28-24(32)20(35-17(3)29)13-9-10-14-21(30)34-5/h6-8,11-12,16,19-20,22H,9-10,13-15H2,1-5H3,(H,26,31)(H,27,33)(H,28,32)/t19-,20?,22?/m0/s1. The Hall–Kier alpha value is -2.88. The Balaban J connectivity index is 2.88. The first-order chi connectivity index (χ1) is 16.6. The highest BCUT2D eigenvalue weighted by atomic mass is 32.2. The zero-order valence-electron chi connectivity index (χ0n) is 21.1. The minimum atomic E-state index is -0.893. The second-order valence-corrected chi connectivity index (χ2v) is 9.90. The van der Waals surface area contributed by atoms with E-state index in [1.165, 1.54) is 21.1 Å². The van der Waals surface area contributed by atoms with Crippen LogP contribution in [0.3, 0.4) is 0 Å². The lowest BCUT2D eigenvalue weighted by Gasteiger charge is -2.26. The molecule has 3 amide bonds. The Bertz CT molecular complexity index is 862. The number of methoxy groups -OCH3 is 1. The van der Waals surface area contributed by atoms with E-state index in [4.69, 9.17) is 0 Å². The van der Waals surface area contributed by atoms with E-state index in [-0.39, 0.29) is 29.3 Å². The fourth-order valence-electron chi connectivity index (χ4n) is 3.42. The number of rotatable bonds is 14. The Kier molecular flexibility index (Phi) is 13.7. The largest absolute Gasteiger partial charge is 0.469 e. The topological polar surface area (TPSA) is 131 Å². The van der Waals surface area contributed by atoms with Gasteiger partial charge >= 0.3 is 5.97 Å². The summed E-state index contributed by atoms with van der Waals surface area (Å²) in [6.07, 6.45) is 1.97. The van der Waals surface area contributed by atoms with Crippen LogP contribution in [0.4, 0.5) is 0 Å². The van der Waals surface area contributed by atoms with E-state index < -0.39 is 29.1 Å². The Labute approximate surface area is 211 Å². The fourth-order valence-corrected chi connectivity index (χ4v) is 4.28. The molecule has 0 aliphatic carbocycles. The maximum atomic E-state index is 13.1. The maximum Gasteiger partial charge on any atom is 0.305 e. The van der Waals surface area contributed by atoms with Crippen molar-refractivity contribution in [1.29, 1.82) is 0 Å². The number of amides is 3. The number of hydrogen-bond donors (Lipinski definition) is 3. The second kappa shape index (κ2) is 15.9. The third-order valence-electron chi connectivity index (χ3n) is 5.33. The summed E-state index contributed by atoms with van der Waals surface area (Å²) in [6, 6.07) is 7.61. The molecule has 0 saturated heterocycles. The Morgan fingerprint density at radius 3 is 2.14 bits per heavy atom. The highest BCUT2D eigenvalue weighted by molar-refractivity contribution is 8.14. The van der Waals surface area contributed by atoms with Gasteiger partial charge in [0.25, 0.3) is 0 Å². The molecule has 0 heterocycles. The zero-order chi connectivity index (χ0) is 26.4. The average Bonchev–Trinajstić information content (AvgIpc) is 2.83. The first kappa shape index (κ1) is 30.2. The number of benzene rings is 1. The summed E-state index contributed by atoms with van der Waals surface area (Å²) in [5.41, 5.74) is 0.886. The van der Waals surface area contributed by atoms with Gasteiger partial charge in [-0.1, -0.05) is 62.4 Å². The quantitative estimate of drug-likeness (QED) is 0.259. The summed E-state index contributed by atoms with van der Waals surface area (Å²) in [4.78, 5) is 61.6. The van der Waals surface area contributed by atoms with Gasteiger partial charge in [-0.15, -0.1) is 0 Å². The van der Waals surface area contributed by atoms with E-state index in [2.05, 4.69) is 20.7 Å². The monoisotopic (exact) mass is 507 g/mol. The highest BCUT2D eigenvalue weighted by Gasteiger charge is 2.31. The summed E-state index contributed by atoms with van der Waals surface area (Å²) in [5.74, 6) is -1.84. The van der Waals surface area contributed by atoms with Crippen LogP contribution in [0, 0.1) is 5.92 Å². The molecule has 2 unspecified atom stereocenters. The number of nitrogens with one attached hydrogen (secondary N) is 3. The number of esters is 1. The predicted molar refractivity (Wildman–Crippen MR) is 135 cm³/mol. The molecule has 0 saturated carbocycles. The van der Waals surface area contributed by atoms with Crippen molar-refractivity contribution in [1.82, 2.24) is 16.0 Å². The molecule has 0 aliphatic rings. The molecule has 3 N–H and O–H groups in total. The third kappa shape index (κ3) is 11.4. The molecule has 0 spiro atoms. The molecular formula is C25H37N3O6S. The molecule has 1 aromatic carbocycles. The number of carbonyl (C=O) groups excluding carboxylic acids is 5. The summed E-state index contributed by atoms with van der Waals surface area (Å²) in [5, 5.41) is 7.18. The molecular weight excluding hydrogens is 470 g/mol. The Morgan fingerprint density at radius 2 is 1.60 bits per heavy atom. The van der Waals surface area contributed by atoms with E-state index in [1.54, 1.807) is 13.8 Å². The SMILES string of the molecule is CNC(=O)[C@H](Cc1ccccc1)NC(=O)C(NC(=O)C(CCCCC(=O)OC)SC(C)=O)C(C)C. The van der Waals surface area contributed by atoms with Crippen molar-refractivity contribution in [3.8, 4) is 0 Å². The van der Waals surface area contributed by atoms with Crippen LogP contribution in [0.15, 0.2) is 30.3 Å². The molecule has 3 atom stereocenters. The van der Waals surface area contributed by atoms with Gasteiger partial charge in [-0.2, -0.15) is 0 Å². The lowest BCUT2D eigenvalue weighted by molar-refractivity contribution is -0.140. The van der Waals surface area contributed by atoms with Crippen molar-refractivity contribution < 1.29 is 28.7 Å². The fraction of sp³-hybridized carbons (Fsp3) is 0.560. The van der Waals surface area contributed by atoms with Crippen LogP contribution in [0.1, 0.15) is 52.0 Å². The third-order valence-corrected chi connectivity index (χ3v) is 6.40. The Morgan fingerprint density at radius 1 is 0.943 bits per heavy atom. The van der Waals surface area contributed by atoms with Crippen molar-refractivity contribution in [2.75, 3.05) is 14.2 Å². The van der Waals surface area contributed by atoms with E-state index in [9.17, 15) is 24.0 Å². The second-order valence-electron chi connectivity index (χ2n) is 8.52. The molecule has 1 rings (SSSR count). The van der Waals surface area contributed by atoms with Gasteiger partial charge in [-0.25, -0.2) is 0 Å². The molecule has 35 heavy (non-hydrogen) atoms. The van der Waals surface area contributed by atoms with Crippen molar-refractivity contribution in [2.24, 2.45) is 5.92 Å². The normalized spacial score (nSPS) is 13.3. The van der Waals surface area contributed by atoms with E-state index in [1.807, 2.05) is 30.3 Å². The predicted octanol–water partition coefficient (Wildman–Crippen LogP) is 1.98. The summed E-state index contributed by atoms with van der Waals surface area (Å²) >= 11 is 0.899. The molecule has 1 aromatic rings. The first-order valence-electron chi connectivity index (χ1n) is 11.7. The average molecular weight is 508 g/mol. The van der Waals surface area contributed by atoms with Crippen LogP contribution >= 0.6 is 11.8 Å². The number of unbranched alkanes of at least 4 members (excludes halogenated alkanes) is 1. The summed E-state index contributed by atoms with van der Waals surface area (Å²) in [7, 11) is 2.81. The van der Waals surface area contributed by atoms with Crippen molar-refractivity contribution in [3.05, 3.63) is 35.9 Å². The van der Waals surface area contributed by atoms with Crippen molar-refractivity contribution in [2.45, 2.75) is 70.2 Å². The minimum absolute atomic E-state index is 0.216. The smallest absolute Gasteiger partial charge is 0.305 e. The van der Waals surface area contributed by atoms with Crippen LogP contribution in [0.2, 0.25) is 0 Å². The van der Waals surface area contributed by atoms with Gasteiger partial charge in [-0.3, -0.25) is 24.0 Å². The molecule has 194 valence electrons. The van der Waals surface area contributed by atoms with Crippen molar-refractivity contribution in [3.63, 3.8) is 0 Å². The molecule has 10 heteroatoms. The molecule has 0 radical (unpaired) electrons. The van der Waals surface area contributed by atoms with Gasteiger partial charge in [0, 0.05) is 26.8 Å². The number of likely N-dealkylation sites (N-methyl/N-ethyl adjacent to an activating group) is 1. The number of thioether (sulfide) groups is 1. The summed E-state index contributed by atoms with van der Waals surface area (Å²) in [6.45, 7) is 4.96. The molecule has 0 aromatic heterocycles. The van der Waals surface area contributed by atoms with Crippen LogP contribution in [-0.4, -0.2) is 60.3 Å². The molecule has 0 aliphatic heterocycles. The highest BCUT2D eigenvalue weighted by Crippen LogP contribution is 2.20. The van der Waals surface area contributed by atoms with Gasteiger partial charge < -0.3 is 20.7 Å². The van der Waals surface area contributed by atoms with Crippen LogP contribution < -0.4 is 16.0 Å². The molecule has 9 nitrogen and oxygen atoms in total. The number of ether oxygens (including phenoxy) is 1. The number of hydrogen-bond acceptors (Lipinski definition) is 7. The maximum absolute atomic E-state index is 13.1. The van der Waals surface area contributed by atoms with Crippen LogP contribution in [0.25, 0.3) is 0 Å². The molecule has 0 bridgehead atoms. The van der Waals surface area contributed by atoms with Crippen molar-refractivity contribution >= 4 is 40.6 Å². The first-order valence-corrected chi connectivity index (χ1v) is 12.6. The van der Waals surface area contributed by atoms with Crippen LogP contribution in [0.5, 0.6) is 0 Å². The van der Waals surface area contributed by atoms with E-state index >= 15 is 0 Å². The van der Waals surface area contributed by atoms with Gasteiger partial charge in [0.05, 0.1) is 12.4 Å². The zero-order valence-corrected chi connectivity index (χ0v) is 21.9. The van der Waals surface area contributed by atoms with Gasteiger partial charge in [0.1, 0.15) is 12.1 Å². The minimum Gasteiger partial charge on any atom is -0.469 e. The van der Waals surface area contributed by atoms with Gasteiger partial charge in [0.2, 0.25) is 17.7 Å². The van der Waals surface area contributed by atoms with E-state index in [0.717, 1.165) is 17.3 Å². The van der Waals surface area contributed by atoms with Gasteiger partial charge in [-0.05, 0) is 24.3 Å². The number of carbonyl (C=O) groups is 5. The molecule has 0 fully saturated rings. The van der Waals surface area contributed by atoms with E-state index in [0.29, 0.717) is 25.7 Å². The van der Waals surface area contributed by atoms with Crippen LogP contribution in [-0.2, 0) is 35.1 Å². The lowest BCUT2D eigenvalue weighted by atomic mass is 10.0.